The predicted octanol–water partition coefficient (Wildman–Crippen LogP) is 1.80. The van der Waals surface area contributed by atoms with Gasteiger partial charge in [0.25, 0.3) is 0 Å². The minimum atomic E-state index is 0.0865. The highest BCUT2D eigenvalue weighted by atomic mass is 16.3. The SMILES string of the molecule is OC1CC2C3CCC(C3)CC12. The Balaban J connectivity index is 1.82. The maximum Gasteiger partial charge on any atom is 0.0574 e. The van der Waals surface area contributed by atoms with Crippen molar-refractivity contribution in [3.05, 3.63) is 0 Å². The molecule has 0 radical (unpaired) electrons. The van der Waals surface area contributed by atoms with Crippen molar-refractivity contribution in [3.63, 3.8) is 0 Å². The Hall–Kier alpha value is -0.0400. The summed E-state index contributed by atoms with van der Waals surface area (Å²) < 4.78 is 0. The minimum absolute atomic E-state index is 0.0865. The largest absolute Gasteiger partial charge is 0.393 e. The number of fused-ring (bicyclic) bond motifs is 4. The van der Waals surface area contributed by atoms with Gasteiger partial charge in [-0.2, -0.15) is 0 Å². The Kier molecular flexibility index (Phi) is 1.18. The lowest BCUT2D eigenvalue weighted by molar-refractivity contribution is -0.0822. The fourth-order valence-corrected chi connectivity index (χ4v) is 3.69. The van der Waals surface area contributed by atoms with Crippen molar-refractivity contribution >= 4 is 0 Å². The van der Waals surface area contributed by atoms with E-state index in [0.717, 1.165) is 30.1 Å². The van der Waals surface area contributed by atoms with Crippen molar-refractivity contribution in [1.29, 1.82) is 0 Å². The molecule has 1 nitrogen and oxygen atoms in total. The number of hydrogen-bond acceptors (Lipinski definition) is 1. The molecule has 3 saturated carbocycles. The molecular weight excluding hydrogens is 136 g/mol. The van der Waals surface area contributed by atoms with Crippen molar-refractivity contribution in [2.24, 2.45) is 23.7 Å². The molecule has 1 N–H and O–H groups in total. The fraction of sp³-hybridized carbons (Fsp3) is 1.00. The van der Waals surface area contributed by atoms with Gasteiger partial charge in [0.2, 0.25) is 0 Å². The highest BCUT2D eigenvalue weighted by Gasteiger charge is 2.50. The Morgan fingerprint density at radius 2 is 1.82 bits per heavy atom. The zero-order valence-corrected chi connectivity index (χ0v) is 6.87. The molecule has 3 rings (SSSR count). The van der Waals surface area contributed by atoms with E-state index in [9.17, 15) is 5.11 Å². The Morgan fingerprint density at radius 1 is 0.909 bits per heavy atom. The molecule has 5 atom stereocenters. The quantitative estimate of drug-likeness (QED) is 0.561. The van der Waals surface area contributed by atoms with Crippen molar-refractivity contribution in [1.82, 2.24) is 0 Å². The van der Waals surface area contributed by atoms with Gasteiger partial charge in [-0.15, -0.1) is 0 Å². The summed E-state index contributed by atoms with van der Waals surface area (Å²) in [5.74, 6) is 3.67. The molecule has 0 aliphatic heterocycles. The Labute approximate surface area is 67.8 Å². The molecule has 3 aliphatic carbocycles. The van der Waals surface area contributed by atoms with E-state index in [0.29, 0.717) is 0 Å². The summed E-state index contributed by atoms with van der Waals surface area (Å²) in [7, 11) is 0. The fourth-order valence-electron chi connectivity index (χ4n) is 3.69. The van der Waals surface area contributed by atoms with Crippen LogP contribution in [-0.2, 0) is 0 Å². The molecular formula is C10H16O. The molecule has 0 saturated heterocycles. The summed E-state index contributed by atoms with van der Waals surface area (Å²) in [6, 6.07) is 0. The van der Waals surface area contributed by atoms with E-state index >= 15 is 0 Å². The molecule has 0 aromatic carbocycles. The van der Waals surface area contributed by atoms with Crippen LogP contribution < -0.4 is 0 Å². The summed E-state index contributed by atoms with van der Waals surface area (Å²) in [5.41, 5.74) is 0. The van der Waals surface area contributed by atoms with Gasteiger partial charge >= 0.3 is 0 Å². The maximum atomic E-state index is 9.51. The predicted molar refractivity (Wildman–Crippen MR) is 43.1 cm³/mol. The van der Waals surface area contributed by atoms with Gasteiger partial charge in [0.15, 0.2) is 0 Å². The van der Waals surface area contributed by atoms with Crippen LogP contribution in [0.25, 0.3) is 0 Å². The van der Waals surface area contributed by atoms with Crippen LogP contribution in [0.15, 0.2) is 0 Å². The monoisotopic (exact) mass is 152 g/mol. The van der Waals surface area contributed by atoms with Crippen LogP contribution in [0.4, 0.5) is 0 Å². The molecule has 62 valence electrons. The van der Waals surface area contributed by atoms with Crippen molar-refractivity contribution < 1.29 is 5.11 Å². The number of rotatable bonds is 0. The Bertz CT molecular complexity index is 178. The smallest absolute Gasteiger partial charge is 0.0574 e. The van der Waals surface area contributed by atoms with Crippen LogP contribution in [0.2, 0.25) is 0 Å². The molecule has 0 aromatic heterocycles. The van der Waals surface area contributed by atoms with E-state index < -0.39 is 0 Å². The highest BCUT2D eigenvalue weighted by molar-refractivity contribution is 5.00. The van der Waals surface area contributed by atoms with Gasteiger partial charge in [0.05, 0.1) is 6.10 Å². The maximum absolute atomic E-state index is 9.51. The third kappa shape index (κ3) is 0.752. The number of aliphatic hydroxyl groups is 1. The summed E-state index contributed by atoms with van der Waals surface area (Å²) in [6.07, 6.45) is 6.99. The van der Waals surface area contributed by atoms with Gasteiger partial charge in [-0.25, -0.2) is 0 Å². The molecule has 3 aliphatic rings. The summed E-state index contributed by atoms with van der Waals surface area (Å²) in [5, 5.41) is 9.51. The topological polar surface area (TPSA) is 20.2 Å². The van der Waals surface area contributed by atoms with Gasteiger partial charge < -0.3 is 5.11 Å². The lowest BCUT2D eigenvalue weighted by atomic mass is 9.59. The van der Waals surface area contributed by atoms with E-state index in [1.807, 2.05) is 0 Å². The van der Waals surface area contributed by atoms with Crippen molar-refractivity contribution in [2.75, 3.05) is 0 Å². The molecule has 5 unspecified atom stereocenters. The van der Waals surface area contributed by atoms with Crippen molar-refractivity contribution in [3.8, 4) is 0 Å². The van der Waals surface area contributed by atoms with E-state index in [4.69, 9.17) is 0 Å². The second-order valence-electron chi connectivity index (χ2n) is 4.81. The van der Waals surface area contributed by atoms with Gasteiger partial charge in [-0.05, 0) is 49.4 Å². The average Bonchev–Trinajstić information content (AvgIpc) is 2.39. The molecule has 0 aromatic rings. The second-order valence-corrected chi connectivity index (χ2v) is 4.81. The first-order valence-electron chi connectivity index (χ1n) is 5.02. The standard InChI is InChI=1S/C10H16O/c11-10-5-8-7-2-1-6(3-7)4-9(8)10/h6-11H,1-5H2. The van der Waals surface area contributed by atoms with Gasteiger partial charge in [0.1, 0.15) is 0 Å². The van der Waals surface area contributed by atoms with Crippen molar-refractivity contribution in [2.45, 2.75) is 38.2 Å². The van der Waals surface area contributed by atoms with Crippen LogP contribution in [0.5, 0.6) is 0 Å². The van der Waals surface area contributed by atoms with Crippen LogP contribution >= 0.6 is 0 Å². The van der Waals surface area contributed by atoms with Gasteiger partial charge in [-0.1, -0.05) is 6.42 Å². The molecule has 11 heavy (non-hydrogen) atoms. The van der Waals surface area contributed by atoms with E-state index in [1.54, 1.807) is 0 Å². The van der Waals surface area contributed by atoms with Crippen LogP contribution in [0.1, 0.15) is 32.1 Å². The van der Waals surface area contributed by atoms with Gasteiger partial charge in [0, 0.05) is 0 Å². The van der Waals surface area contributed by atoms with Crippen LogP contribution in [0.3, 0.4) is 0 Å². The number of hydrogen-bond donors (Lipinski definition) is 1. The molecule has 0 spiro atoms. The number of aliphatic hydroxyl groups excluding tert-OH is 1. The van der Waals surface area contributed by atoms with Crippen LogP contribution in [0, 0.1) is 23.7 Å². The zero-order valence-electron chi connectivity index (χ0n) is 6.87. The second kappa shape index (κ2) is 2.01. The minimum Gasteiger partial charge on any atom is -0.393 e. The van der Waals surface area contributed by atoms with E-state index in [2.05, 4.69) is 0 Å². The molecule has 1 heteroatoms. The third-order valence-electron chi connectivity index (χ3n) is 4.35. The zero-order chi connectivity index (χ0) is 7.42. The highest BCUT2D eigenvalue weighted by Crippen LogP contribution is 2.56. The lowest BCUT2D eigenvalue weighted by Crippen LogP contribution is -2.47. The summed E-state index contributed by atoms with van der Waals surface area (Å²) >= 11 is 0. The lowest BCUT2D eigenvalue weighted by Gasteiger charge is -2.48. The molecule has 0 amide bonds. The first-order valence-corrected chi connectivity index (χ1v) is 5.02. The average molecular weight is 152 g/mol. The first kappa shape index (κ1) is 6.47. The molecule has 2 bridgehead atoms. The van der Waals surface area contributed by atoms with E-state index in [-0.39, 0.29) is 6.10 Å². The van der Waals surface area contributed by atoms with Gasteiger partial charge in [-0.3, -0.25) is 0 Å². The van der Waals surface area contributed by atoms with E-state index in [1.165, 1.54) is 25.7 Å². The summed E-state index contributed by atoms with van der Waals surface area (Å²) in [4.78, 5) is 0. The first-order chi connectivity index (χ1) is 5.34. The normalized spacial score (nSPS) is 60.3. The molecule has 0 heterocycles. The molecule has 3 fully saturated rings. The third-order valence-corrected chi connectivity index (χ3v) is 4.35. The summed E-state index contributed by atoms with van der Waals surface area (Å²) in [6.45, 7) is 0. The van der Waals surface area contributed by atoms with Crippen LogP contribution in [-0.4, -0.2) is 11.2 Å². The Morgan fingerprint density at radius 3 is 2.64 bits per heavy atom.